The number of para-hydroxylation sites is 1. The molecule has 0 aromatic heterocycles. The van der Waals surface area contributed by atoms with E-state index in [4.69, 9.17) is 9.05 Å². The molecule has 3 nitrogen and oxygen atoms in total. The Balaban J connectivity index is 2.88. The van der Waals surface area contributed by atoms with Crippen molar-refractivity contribution in [3.63, 3.8) is 0 Å². The van der Waals surface area contributed by atoms with Crippen molar-refractivity contribution < 1.29 is 9.05 Å². The second-order valence-corrected chi connectivity index (χ2v) is 8.28. The predicted octanol–water partition coefficient (Wildman–Crippen LogP) is 3.29. The third-order valence-electron chi connectivity index (χ3n) is 2.33. The van der Waals surface area contributed by atoms with Gasteiger partial charge in [-0.15, -0.1) is 0 Å². The molecule has 0 N–H and O–H groups in total. The zero-order valence-electron chi connectivity index (χ0n) is 10.6. The second-order valence-electron chi connectivity index (χ2n) is 3.43. The summed E-state index contributed by atoms with van der Waals surface area (Å²) in [6, 6.07) is 9.81. The molecule has 17 heavy (non-hydrogen) atoms. The van der Waals surface area contributed by atoms with E-state index in [1.54, 1.807) is 0 Å². The Hall–Kier alpha value is -0.111. The van der Waals surface area contributed by atoms with Crippen molar-refractivity contribution >= 4 is 21.2 Å². The van der Waals surface area contributed by atoms with Gasteiger partial charge in [0.2, 0.25) is 0 Å². The maximum absolute atomic E-state index is 6.05. The van der Waals surface area contributed by atoms with Crippen LogP contribution in [-0.2, 0) is 4.52 Å². The van der Waals surface area contributed by atoms with Gasteiger partial charge in [0.15, 0.2) is 0 Å². The minimum atomic E-state index is -2.09. The van der Waals surface area contributed by atoms with E-state index in [0.717, 1.165) is 18.8 Å². The Morgan fingerprint density at radius 2 is 1.71 bits per heavy atom. The van der Waals surface area contributed by atoms with Gasteiger partial charge in [-0.1, -0.05) is 0 Å². The van der Waals surface area contributed by atoms with Crippen LogP contribution in [0.4, 0.5) is 0 Å². The van der Waals surface area contributed by atoms with Gasteiger partial charge in [0.1, 0.15) is 0 Å². The van der Waals surface area contributed by atoms with Crippen LogP contribution in [0.15, 0.2) is 30.3 Å². The summed E-state index contributed by atoms with van der Waals surface area (Å²) in [5, 5.41) is 0. The third-order valence-corrected chi connectivity index (χ3v) is 7.20. The van der Waals surface area contributed by atoms with Gasteiger partial charge >= 0.3 is 111 Å². The summed E-state index contributed by atoms with van der Waals surface area (Å²) in [5.41, 5.74) is 0. The third kappa shape index (κ3) is 4.24. The fourth-order valence-corrected chi connectivity index (χ4v) is 5.91. The maximum atomic E-state index is 6.05. The molecule has 0 saturated heterocycles. The van der Waals surface area contributed by atoms with Crippen molar-refractivity contribution in [2.75, 3.05) is 19.7 Å². The van der Waals surface area contributed by atoms with Crippen molar-refractivity contribution in [3.8, 4) is 5.75 Å². The predicted molar refractivity (Wildman–Crippen MR) is 74.3 cm³/mol. The Morgan fingerprint density at radius 1 is 1.12 bits per heavy atom. The fourth-order valence-electron chi connectivity index (χ4n) is 1.51. The van der Waals surface area contributed by atoms with E-state index >= 15 is 0 Å². The van der Waals surface area contributed by atoms with E-state index in [2.05, 4.69) is 33.6 Å². The number of hydrogen-bond acceptors (Lipinski definition) is 3. The molecule has 0 bridgehead atoms. The molecule has 1 unspecified atom stereocenters. The molecule has 1 rings (SSSR count). The molecule has 0 saturated carbocycles. The molecule has 1 aromatic carbocycles. The van der Waals surface area contributed by atoms with Crippen LogP contribution < -0.4 is 4.52 Å². The molecule has 0 aliphatic heterocycles. The van der Waals surface area contributed by atoms with Crippen LogP contribution in [0.25, 0.3) is 0 Å². The van der Waals surface area contributed by atoms with Gasteiger partial charge in [-0.05, 0) is 0 Å². The van der Waals surface area contributed by atoms with Crippen molar-refractivity contribution in [2.24, 2.45) is 0 Å². The quantitative estimate of drug-likeness (QED) is 0.568. The summed E-state index contributed by atoms with van der Waals surface area (Å²) in [6.45, 7) is 8.67. The molecule has 0 aliphatic rings. The molecule has 1 atom stereocenters. The Kier molecular flexibility index (Phi) is 6.46. The molecule has 96 valence electrons. The van der Waals surface area contributed by atoms with Crippen LogP contribution in [0.1, 0.15) is 20.8 Å². The van der Waals surface area contributed by atoms with Crippen molar-refractivity contribution in [1.82, 2.24) is 4.67 Å². The first-order chi connectivity index (χ1) is 8.16. The zero-order chi connectivity index (χ0) is 12.7. The molecule has 0 aliphatic carbocycles. The van der Waals surface area contributed by atoms with Crippen LogP contribution in [0, 0.1) is 0 Å². The van der Waals surface area contributed by atoms with Crippen LogP contribution in [0.3, 0.4) is 0 Å². The molecular formula is C12H20NO2PSe. The Bertz CT molecular complexity index is 368. The van der Waals surface area contributed by atoms with E-state index in [1.165, 1.54) is 0 Å². The minimum absolute atomic E-state index is 0.643. The second kappa shape index (κ2) is 7.35. The van der Waals surface area contributed by atoms with Crippen LogP contribution >= 0.6 is 6.11 Å². The van der Waals surface area contributed by atoms with Gasteiger partial charge in [0, 0.05) is 0 Å². The molecule has 0 heterocycles. The molecule has 0 fully saturated rings. The molecule has 5 heteroatoms. The Labute approximate surface area is 112 Å². The molecule has 0 amide bonds. The van der Waals surface area contributed by atoms with Gasteiger partial charge in [-0.2, -0.15) is 0 Å². The van der Waals surface area contributed by atoms with Gasteiger partial charge in [-0.25, -0.2) is 0 Å². The SMILES string of the molecule is CCOP(=[Se])(Oc1ccccc1)N(CC)CC. The van der Waals surface area contributed by atoms with Gasteiger partial charge in [0.25, 0.3) is 0 Å². The summed E-state index contributed by atoms with van der Waals surface area (Å²) in [4.78, 5) is 0. The summed E-state index contributed by atoms with van der Waals surface area (Å²) < 4.78 is 14.1. The van der Waals surface area contributed by atoms with Crippen molar-refractivity contribution in [2.45, 2.75) is 20.8 Å². The van der Waals surface area contributed by atoms with E-state index in [-0.39, 0.29) is 0 Å². The van der Waals surface area contributed by atoms with E-state index in [1.807, 2.05) is 37.3 Å². The van der Waals surface area contributed by atoms with E-state index < -0.39 is 6.11 Å². The fraction of sp³-hybridized carbons (Fsp3) is 0.500. The summed E-state index contributed by atoms with van der Waals surface area (Å²) in [7, 11) is 0. The number of nitrogens with zero attached hydrogens (tertiary/aromatic N) is 1. The molecule has 0 spiro atoms. The average molecular weight is 320 g/mol. The molecular weight excluding hydrogens is 300 g/mol. The topological polar surface area (TPSA) is 21.7 Å². The molecule has 1 aromatic rings. The first kappa shape index (κ1) is 14.9. The number of benzene rings is 1. The van der Waals surface area contributed by atoms with Crippen molar-refractivity contribution in [1.29, 1.82) is 0 Å². The number of hydrogen-bond donors (Lipinski definition) is 0. The van der Waals surface area contributed by atoms with Gasteiger partial charge < -0.3 is 0 Å². The van der Waals surface area contributed by atoms with Crippen LogP contribution in [-0.4, -0.2) is 39.5 Å². The standard InChI is InChI=1S/C12H20NO2PSe/c1-4-13(5-2)16(17,14-6-3)15-12-10-8-7-9-11-12/h7-11H,4-6H2,1-3H3. The van der Waals surface area contributed by atoms with Gasteiger partial charge in [-0.3, -0.25) is 0 Å². The monoisotopic (exact) mass is 321 g/mol. The van der Waals surface area contributed by atoms with Gasteiger partial charge in [0.05, 0.1) is 0 Å². The van der Waals surface area contributed by atoms with E-state index in [9.17, 15) is 0 Å². The summed E-state index contributed by atoms with van der Waals surface area (Å²) >= 11 is 3.13. The zero-order valence-corrected chi connectivity index (χ0v) is 13.2. The first-order valence-electron chi connectivity index (χ1n) is 5.90. The summed E-state index contributed by atoms with van der Waals surface area (Å²) in [6.07, 6.45) is -2.09. The van der Waals surface area contributed by atoms with Crippen LogP contribution in [0.2, 0.25) is 0 Å². The van der Waals surface area contributed by atoms with Crippen molar-refractivity contribution in [3.05, 3.63) is 30.3 Å². The van der Waals surface area contributed by atoms with Crippen LogP contribution in [0.5, 0.6) is 5.75 Å². The van der Waals surface area contributed by atoms with E-state index in [0.29, 0.717) is 6.61 Å². The molecule has 0 radical (unpaired) electrons. The average Bonchev–Trinajstić information content (AvgIpc) is 2.31. The first-order valence-corrected chi connectivity index (χ1v) is 9.70. The Morgan fingerprint density at radius 3 is 2.18 bits per heavy atom. The normalized spacial score (nSPS) is 14.6. The summed E-state index contributed by atoms with van der Waals surface area (Å²) in [5.74, 6) is 0.847. The number of rotatable bonds is 7.